The van der Waals surface area contributed by atoms with Crippen LogP contribution in [0.1, 0.15) is 43.0 Å². The van der Waals surface area contributed by atoms with Gasteiger partial charge in [-0.2, -0.15) is 5.26 Å². The van der Waals surface area contributed by atoms with Crippen LogP contribution in [0.3, 0.4) is 0 Å². The van der Waals surface area contributed by atoms with Gasteiger partial charge >= 0.3 is 0 Å². The molecule has 0 saturated carbocycles. The second-order valence-electron chi connectivity index (χ2n) is 5.24. The third-order valence-corrected chi connectivity index (χ3v) is 3.76. The maximum Gasteiger partial charge on any atom is 0.120 e. The summed E-state index contributed by atoms with van der Waals surface area (Å²) >= 11 is 0. The fraction of sp³-hybridized carbons (Fsp3) is 0.353. The highest BCUT2D eigenvalue weighted by atomic mass is 14.9. The molecule has 1 N–H and O–H groups in total. The van der Waals surface area contributed by atoms with E-state index >= 15 is 0 Å². The zero-order valence-corrected chi connectivity index (χ0v) is 12.4. The lowest BCUT2D eigenvalue weighted by Gasteiger charge is -2.10. The second kappa shape index (κ2) is 6.29. The number of rotatable bonds is 5. The highest BCUT2D eigenvalue weighted by Crippen LogP contribution is 2.20. The van der Waals surface area contributed by atoms with Gasteiger partial charge in [0.25, 0.3) is 0 Å². The molecule has 0 aliphatic carbocycles. The van der Waals surface area contributed by atoms with Gasteiger partial charge in [0.2, 0.25) is 0 Å². The average molecular weight is 267 g/mol. The molecule has 0 saturated heterocycles. The molecule has 2 rings (SSSR count). The normalized spacial score (nSPS) is 11.9. The number of anilines is 1. The Balaban J connectivity index is 1.98. The molecule has 0 radical (unpaired) electrons. The van der Waals surface area contributed by atoms with Crippen LogP contribution in [0.25, 0.3) is 0 Å². The van der Waals surface area contributed by atoms with E-state index in [0.717, 1.165) is 24.2 Å². The van der Waals surface area contributed by atoms with Gasteiger partial charge in [0.15, 0.2) is 0 Å². The Kier molecular flexibility index (Phi) is 4.47. The third-order valence-electron chi connectivity index (χ3n) is 3.76. The van der Waals surface area contributed by atoms with E-state index in [9.17, 15) is 0 Å². The topological polar surface area (TPSA) is 40.8 Å². The van der Waals surface area contributed by atoms with Crippen molar-refractivity contribution in [3.63, 3.8) is 0 Å². The standard InChI is InChI=1S/C17H21N3/c1-4-13(2)15-5-7-16(8-6-15)19-11-14-9-17(10-18)20(3)12-14/h5-9,12-13,19H,4,11H2,1-3H3. The molecule has 0 aliphatic rings. The van der Waals surface area contributed by atoms with Gasteiger partial charge in [0.1, 0.15) is 11.8 Å². The molecule has 2 aromatic rings. The highest BCUT2D eigenvalue weighted by molar-refractivity contribution is 5.46. The number of benzene rings is 1. The van der Waals surface area contributed by atoms with E-state index in [-0.39, 0.29) is 0 Å². The van der Waals surface area contributed by atoms with E-state index in [4.69, 9.17) is 5.26 Å². The van der Waals surface area contributed by atoms with Gasteiger partial charge in [-0.15, -0.1) is 0 Å². The quantitative estimate of drug-likeness (QED) is 0.888. The molecule has 104 valence electrons. The molecule has 0 spiro atoms. The van der Waals surface area contributed by atoms with Gasteiger partial charge in [0.05, 0.1) is 0 Å². The summed E-state index contributed by atoms with van der Waals surface area (Å²) in [4.78, 5) is 0. The summed E-state index contributed by atoms with van der Waals surface area (Å²) in [6, 6.07) is 12.7. The summed E-state index contributed by atoms with van der Waals surface area (Å²) < 4.78 is 1.85. The van der Waals surface area contributed by atoms with Crippen LogP contribution in [0.4, 0.5) is 5.69 Å². The first kappa shape index (κ1) is 14.2. The summed E-state index contributed by atoms with van der Waals surface area (Å²) in [5, 5.41) is 12.3. The first-order valence-corrected chi connectivity index (χ1v) is 7.03. The van der Waals surface area contributed by atoms with Crippen LogP contribution in [-0.2, 0) is 13.6 Å². The Morgan fingerprint density at radius 2 is 2.00 bits per heavy atom. The van der Waals surface area contributed by atoms with Crippen LogP contribution in [0.15, 0.2) is 36.5 Å². The Labute approximate surface area is 120 Å². The van der Waals surface area contributed by atoms with Crippen LogP contribution < -0.4 is 5.32 Å². The SMILES string of the molecule is CCC(C)c1ccc(NCc2cc(C#N)n(C)c2)cc1. The van der Waals surface area contributed by atoms with E-state index in [1.807, 2.05) is 23.9 Å². The van der Waals surface area contributed by atoms with Gasteiger partial charge in [-0.3, -0.25) is 0 Å². The minimum atomic E-state index is 0.608. The predicted molar refractivity (Wildman–Crippen MR) is 82.6 cm³/mol. The van der Waals surface area contributed by atoms with Gasteiger partial charge in [-0.1, -0.05) is 26.0 Å². The Morgan fingerprint density at radius 3 is 2.55 bits per heavy atom. The van der Waals surface area contributed by atoms with Gasteiger partial charge in [-0.05, 0) is 41.7 Å². The monoisotopic (exact) mass is 267 g/mol. The molecule has 0 amide bonds. The molecule has 0 bridgehead atoms. The van der Waals surface area contributed by atoms with Crippen LogP contribution in [-0.4, -0.2) is 4.57 Å². The zero-order valence-electron chi connectivity index (χ0n) is 12.4. The maximum absolute atomic E-state index is 8.93. The van der Waals surface area contributed by atoms with Gasteiger partial charge in [-0.25, -0.2) is 0 Å². The number of hydrogen-bond donors (Lipinski definition) is 1. The second-order valence-corrected chi connectivity index (χ2v) is 5.24. The maximum atomic E-state index is 8.93. The molecular formula is C17H21N3. The number of nitriles is 1. The molecule has 1 aromatic carbocycles. The van der Waals surface area contributed by atoms with Crippen molar-refractivity contribution in [2.45, 2.75) is 32.7 Å². The van der Waals surface area contributed by atoms with Crippen molar-refractivity contribution >= 4 is 5.69 Å². The van der Waals surface area contributed by atoms with E-state index < -0.39 is 0 Å². The number of aromatic nitrogens is 1. The first-order chi connectivity index (χ1) is 9.63. The predicted octanol–water partition coefficient (Wildman–Crippen LogP) is 4.02. The van der Waals surface area contributed by atoms with Crippen LogP contribution in [0, 0.1) is 11.3 Å². The number of aryl methyl sites for hydroxylation is 1. The van der Waals surface area contributed by atoms with Crippen LogP contribution >= 0.6 is 0 Å². The highest BCUT2D eigenvalue weighted by Gasteiger charge is 2.04. The van der Waals surface area contributed by atoms with E-state index in [2.05, 4.69) is 49.5 Å². The number of hydrogen-bond acceptors (Lipinski definition) is 2. The zero-order chi connectivity index (χ0) is 14.5. The van der Waals surface area contributed by atoms with Crippen molar-refractivity contribution in [3.8, 4) is 6.07 Å². The smallest absolute Gasteiger partial charge is 0.120 e. The minimum absolute atomic E-state index is 0.608. The number of nitrogens with one attached hydrogen (secondary N) is 1. The third kappa shape index (κ3) is 3.21. The lowest BCUT2D eigenvalue weighted by atomic mass is 9.99. The molecule has 3 nitrogen and oxygen atoms in total. The van der Waals surface area contributed by atoms with Crippen molar-refractivity contribution in [2.75, 3.05) is 5.32 Å². The largest absolute Gasteiger partial charge is 0.381 e. The van der Waals surface area contributed by atoms with E-state index in [1.54, 1.807) is 0 Å². The van der Waals surface area contributed by atoms with Gasteiger partial charge in [0, 0.05) is 25.5 Å². The molecule has 3 heteroatoms. The fourth-order valence-corrected chi connectivity index (χ4v) is 2.21. The van der Waals surface area contributed by atoms with Gasteiger partial charge < -0.3 is 9.88 Å². The Hall–Kier alpha value is -2.21. The summed E-state index contributed by atoms with van der Waals surface area (Å²) in [7, 11) is 1.89. The van der Waals surface area contributed by atoms with Crippen molar-refractivity contribution < 1.29 is 0 Å². The first-order valence-electron chi connectivity index (χ1n) is 7.03. The van der Waals surface area contributed by atoms with E-state index in [0.29, 0.717) is 11.6 Å². The molecule has 1 unspecified atom stereocenters. The average Bonchev–Trinajstić information content (AvgIpc) is 2.85. The van der Waals surface area contributed by atoms with Crippen LogP contribution in [0.5, 0.6) is 0 Å². The van der Waals surface area contributed by atoms with E-state index in [1.165, 1.54) is 5.56 Å². The Bertz CT molecular complexity index is 602. The molecule has 0 fully saturated rings. The lowest BCUT2D eigenvalue weighted by Crippen LogP contribution is -1.99. The Morgan fingerprint density at radius 1 is 1.30 bits per heavy atom. The van der Waals surface area contributed by atoms with Crippen molar-refractivity contribution in [1.82, 2.24) is 4.57 Å². The fourth-order valence-electron chi connectivity index (χ4n) is 2.21. The molecule has 1 heterocycles. The summed E-state index contributed by atoms with van der Waals surface area (Å²) in [6.07, 6.45) is 3.15. The molecule has 20 heavy (non-hydrogen) atoms. The van der Waals surface area contributed by atoms with Crippen molar-refractivity contribution in [1.29, 1.82) is 5.26 Å². The molecule has 1 atom stereocenters. The van der Waals surface area contributed by atoms with Crippen molar-refractivity contribution in [2.24, 2.45) is 7.05 Å². The summed E-state index contributed by atoms with van der Waals surface area (Å²) in [5.74, 6) is 0.608. The lowest BCUT2D eigenvalue weighted by molar-refractivity contribution is 0.734. The molecule has 1 aromatic heterocycles. The summed E-state index contributed by atoms with van der Waals surface area (Å²) in [5.41, 5.74) is 4.30. The molecular weight excluding hydrogens is 246 g/mol. The summed E-state index contributed by atoms with van der Waals surface area (Å²) in [6.45, 7) is 5.19. The number of nitrogens with zero attached hydrogens (tertiary/aromatic N) is 2. The van der Waals surface area contributed by atoms with Crippen molar-refractivity contribution in [3.05, 3.63) is 53.3 Å². The van der Waals surface area contributed by atoms with Crippen LogP contribution in [0.2, 0.25) is 0 Å². The molecule has 0 aliphatic heterocycles. The minimum Gasteiger partial charge on any atom is -0.381 e.